The molecule has 2 aliphatic rings. The molecule has 1 saturated heterocycles. The van der Waals surface area contributed by atoms with Crippen LogP contribution in [0.4, 0.5) is 5.95 Å². The van der Waals surface area contributed by atoms with Crippen LogP contribution in [0.5, 0.6) is 0 Å². The lowest BCUT2D eigenvalue weighted by Gasteiger charge is -2.30. The number of carbonyl (C=O) groups is 1. The van der Waals surface area contributed by atoms with E-state index in [1.54, 1.807) is 12.3 Å². The van der Waals surface area contributed by atoms with E-state index >= 15 is 0 Å². The number of nitrogens with zero attached hydrogens (tertiary/aromatic N) is 3. The van der Waals surface area contributed by atoms with E-state index in [4.69, 9.17) is 0 Å². The minimum Gasteiger partial charge on any atom is -0.348 e. The molecule has 0 aromatic carbocycles. The average Bonchev–Trinajstić information content (AvgIpc) is 3.01. The first-order chi connectivity index (χ1) is 10.2. The molecule has 1 amide bonds. The molecule has 0 spiro atoms. The van der Waals surface area contributed by atoms with Crippen molar-refractivity contribution in [3.63, 3.8) is 0 Å². The van der Waals surface area contributed by atoms with Crippen LogP contribution in [0.1, 0.15) is 55.9 Å². The van der Waals surface area contributed by atoms with Crippen LogP contribution in [-0.2, 0) is 0 Å². The molecule has 2 fully saturated rings. The first-order valence-corrected chi connectivity index (χ1v) is 8.11. The molecule has 1 aromatic heterocycles. The Morgan fingerprint density at radius 2 is 1.95 bits per heavy atom. The van der Waals surface area contributed by atoms with E-state index in [9.17, 15) is 4.79 Å². The molecule has 0 bridgehead atoms. The molecular formula is C16H24N4O. The number of carbonyl (C=O) groups excluding carboxylic acids is 1. The molecule has 114 valence electrons. The van der Waals surface area contributed by atoms with Gasteiger partial charge in [-0.05, 0) is 37.7 Å². The van der Waals surface area contributed by atoms with E-state index in [1.165, 1.54) is 25.7 Å². The lowest BCUT2D eigenvalue weighted by molar-refractivity contribution is 0.0932. The summed E-state index contributed by atoms with van der Waals surface area (Å²) in [6.07, 6.45) is 8.65. The van der Waals surface area contributed by atoms with Gasteiger partial charge in [-0.1, -0.05) is 19.8 Å². The third-order valence-electron chi connectivity index (χ3n) is 4.63. The maximum Gasteiger partial charge on any atom is 0.270 e. The average molecular weight is 288 g/mol. The fourth-order valence-corrected chi connectivity index (χ4v) is 3.17. The fraction of sp³-hybridized carbons (Fsp3) is 0.688. The third-order valence-corrected chi connectivity index (χ3v) is 4.63. The summed E-state index contributed by atoms with van der Waals surface area (Å²) >= 11 is 0. The lowest BCUT2D eigenvalue weighted by atomic mass is 10.00. The van der Waals surface area contributed by atoms with Gasteiger partial charge in [-0.25, -0.2) is 9.97 Å². The molecule has 1 aliphatic heterocycles. The molecule has 3 rings (SSSR count). The number of hydrogen-bond donors (Lipinski definition) is 1. The first kappa shape index (κ1) is 14.3. The number of nitrogens with one attached hydrogen (secondary N) is 1. The number of piperidine rings is 1. The predicted molar refractivity (Wildman–Crippen MR) is 82.4 cm³/mol. The Hall–Kier alpha value is -1.65. The van der Waals surface area contributed by atoms with E-state index in [2.05, 4.69) is 27.1 Å². The Kier molecular flexibility index (Phi) is 4.36. The zero-order valence-corrected chi connectivity index (χ0v) is 12.7. The van der Waals surface area contributed by atoms with Gasteiger partial charge in [-0.2, -0.15) is 0 Å². The molecule has 0 unspecified atom stereocenters. The van der Waals surface area contributed by atoms with E-state index in [0.717, 1.165) is 31.8 Å². The van der Waals surface area contributed by atoms with Crippen molar-refractivity contribution >= 4 is 11.9 Å². The van der Waals surface area contributed by atoms with Gasteiger partial charge in [-0.15, -0.1) is 0 Å². The standard InChI is InChI=1S/C16H24N4O/c1-12-7-10-20(11-8-12)16-17-9-6-14(19-16)15(21)18-13-4-2-3-5-13/h6,9,12-13H,2-5,7-8,10-11H2,1H3,(H,18,21). The van der Waals surface area contributed by atoms with Crippen LogP contribution in [-0.4, -0.2) is 35.0 Å². The van der Waals surface area contributed by atoms with Gasteiger partial charge in [-0.3, -0.25) is 4.79 Å². The van der Waals surface area contributed by atoms with Gasteiger partial charge in [0.25, 0.3) is 5.91 Å². The SMILES string of the molecule is CC1CCN(c2nccc(C(=O)NC3CCCC3)n2)CC1. The van der Waals surface area contributed by atoms with Crippen LogP contribution >= 0.6 is 0 Å². The highest BCUT2D eigenvalue weighted by atomic mass is 16.1. The molecule has 5 heteroatoms. The highest BCUT2D eigenvalue weighted by Gasteiger charge is 2.21. The molecule has 1 aliphatic carbocycles. The molecule has 0 radical (unpaired) electrons. The van der Waals surface area contributed by atoms with Crippen LogP contribution in [0, 0.1) is 5.92 Å². The van der Waals surface area contributed by atoms with E-state index in [0.29, 0.717) is 17.7 Å². The largest absolute Gasteiger partial charge is 0.348 e. The summed E-state index contributed by atoms with van der Waals surface area (Å²) in [5.74, 6) is 1.41. The summed E-state index contributed by atoms with van der Waals surface area (Å²) in [7, 11) is 0. The Morgan fingerprint density at radius 1 is 1.24 bits per heavy atom. The summed E-state index contributed by atoms with van der Waals surface area (Å²) in [5.41, 5.74) is 0.491. The normalized spacial score (nSPS) is 20.7. The number of amides is 1. The van der Waals surface area contributed by atoms with Crippen LogP contribution < -0.4 is 10.2 Å². The second-order valence-electron chi connectivity index (χ2n) is 6.37. The van der Waals surface area contributed by atoms with Gasteiger partial charge in [0.1, 0.15) is 5.69 Å². The van der Waals surface area contributed by atoms with Gasteiger partial charge in [0, 0.05) is 25.3 Å². The second-order valence-corrected chi connectivity index (χ2v) is 6.37. The summed E-state index contributed by atoms with van der Waals surface area (Å²) in [5, 5.41) is 3.08. The highest BCUT2D eigenvalue weighted by Crippen LogP contribution is 2.20. The molecule has 1 saturated carbocycles. The summed E-state index contributed by atoms with van der Waals surface area (Å²) in [4.78, 5) is 23.3. The van der Waals surface area contributed by atoms with Crippen molar-refractivity contribution in [2.24, 2.45) is 5.92 Å². The number of aromatic nitrogens is 2. The molecule has 2 heterocycles. The van der Waals surface area contributed by atoms with Crippen LogP contribution in [0.15, 0.2) is 12.3 Å². The van der Waals surface area contributed by atoms with Gasteiger partial charge in [0.15, 0.2) is 0 Å². The van der Waals surface area contributed by atoms with E-state index in [1.807, 2.05) is 0 Å². The molecule has 1 aromatic rings. The lowest BCUT2D eigenvalue weighted by Crippen LogP contribution is -2.36. The van der Waals surface area contributed by atoms with Gasteiger partial charge in [0.05, 0.1) is 0 Å². The maximum atomic E-state index is 12.3. The second kappa shape index (κ2) is 6.41. The minimum absolute atomic E-state index is 0.0593. The zero-order valence-electron chi connectivity index (χ0n) is 12.7. The summed E-state index contributed by atoms with van der Waals surface area (Å²) in [6, 6.07) is 2.03. The first-order valence-electron chi connectivity index (χ1n) is 8.11. The van der Waals surface area contributed by atoms with E-state index in [-0.39, 0.29) is 5.91 Å². The molecule has 5 nitrogen and oxygen atoms in total. The Bertz CT molecular complexity index is 491. The van der Waals surface area contributed by atoms with Crippen LogP contribution in [0.25, 0.3) is 0 Å². The van der Waals surface area contributed by atoms with E-state index < -0.39 is 0 Å². The monoisotopic (exact) mass is 288 g/mol. The molecule has 1 N–H and O–H groups in total. The highest BCUT2D eigenvalue weighted by molar-refractivity contribution is 5.92. The number of anilines is 1. The van der Waals surface area contributed by atoms with Crippen molar-refractivity contribution in [2.75, 3.05) is 18.0 Å². The Morgan fingerprint density at radius 3 is 2.67 bits per heavy atom. The molecule has 0 atom stereocenters. The van der Waals surface area contributed by atoms with Gasteiger partial charge >= 0.3 is 0 Å². The van der Waals surface area contributed by atoms with Crippen molar-refractivity contribution in [1.29, 1.82) is 0 Å². The quantitative estimate of drug-likeness (QED) is 0.928. The van der Waals surface area contributed by atoms with Crippen molar-refractivity contribution in [2.45, 2.75) is 51.5 Å². The molecule has 21 heavy (non-hydrogen) atoms. The smallest absolute Gasteiger partial charge is 0.270 e. The summed E-state index contributed by atoms with van der Waals surface area (Å²) < 4.78 is 0. The third kappa shape index (κ3) is 3.52. The van der Waals surface area contributed by atoms with Crippen molar-refractivity contribution < 1.29 is 4.79 Å². The minimum atomic E-state index is -0.0593. The van der Waals surface area contributed by atoms with Crippen molar-refractivity contribution in [3.8, 4) is 0 Å². The van der Waals surface area contributed by atoms with Crippen molar-refractivity contribution in [3.05, 3.63) is 18.0 Å². The predicted octanol–water partition coefficient (Wildman–Crippen LogP) is 2.39. The van der Waals surface area contributed by atoms with Gasteiger partial charge in [0.2, 0.25) is 5.95 Å². The van der Waals surface area contributed by atoms with Crippen LogP contribution in [0.2, 0.25) is 0 Å². The molecular weight excluding hydrogens is 264 g/mol. The Labute approximate surface area is 126 Å². The van der Waals surface area contributed by atoms with Crippen LogP contribution in [0.3, 0.4) is 0 Å². The number of hydrogen-bond acceptors (Lipinski definition) is 4. The maximum absolute atomic E-state index is 12.3. The zero-order chi connectivity index (χ0) is 14.7. The fourth-order valence-electron chi connectivity index (χ4n) is 3.17. The van der Waals surface area contributed by atoms with Gasteiger partial charge < -0.3 is 10.2 Å². The topological polar surface area (TPSA) is 58.1 Å². The Balaban J connectivity index is 1.66. The van der Waals surface area contributed by atoms with Crippen molar-refractivity contribution in [1.82, 2.24) is 15.3 Å². The number of rotatable bonds is 3. The summed E-state index contributed by atoms with van der Waals surface area (Å²) in [6.45, 7) is 4.24.